The van der Waals surface area contributed by atoms with Crippen molar-refractivity contribution >= 4 is 28.1 Å². The van der Waals surface area contributed by atoms with Gasteiger partial charge >= 0.3 is 0 Å². The van der Waals surface area contributed by atoms with Gasteiger partial charge in [-0.15, -0.1) is 13.2 Å². The molecular formula is C16H19N3S. The lowest BCUT2D eigenvalue weighted by molar-refractivity contribution is 0.303. The number of thiocarbonyl (C=S) groups is 1. The molecule has 1 unspecified atom stereocenters. The van der Waals surface area contributed by atoms with Crippen LogP contribution in [0, 0.1) is 0 Å². The third-order valence-corrected chi connectivity index (χ3v) is 3.50. The standard InChI is InChI=1S/C16H19N3S/c1-3-9-19(10-4-2)15(16(17)20)13-11-18-14-8-6-5-7-12(13)14/h3-8,11,15,18H,1-2,9-10H2,(H2,17,20). The minimum atomic E-state index is -0.128. The summed E-state index contributed by atoms with van der Waals surface area (Å²) in [5, 5.41) is 1.14. The summed E-state index contributed by atoms with van der Waals surface area (Å²) in [6, 6.07) is 8.01. The summed E-state index contributed by atoms with van der Waals surface area (Å²) in [5.74, 6) is 0. The molecule has 0 amide bonds. The monoisotopic (exact) mass is 285 g/mol. The molecule has 0 saturated heterocycles. The lowest BCUT2D eigenvalue weighted by Gasteiger charge is -2.29. The van der Waals surface area contributed by atoms with Gasteiger partial charge in [0.05, 0.1) is 11.0 Å². The number of benzene rings is 1. The zero-order chi connectivity index (χ0) is 14.5. The Bertz CT molecular complexity index is 619. The van der Waals surface area contributed by atoms with Crippen LogP contribution in [0.15, 0.2) is 55.8 Å². The van der Waals surface area contributed by atoms with Gasteiger partial charge in [0.2, 0.25) is 0 Å². The lowest BCUT2D eigenvalue weighted by atomic mass is 10.0. The maximum atomic E-state index is 5.99. The molecule has 2 aromatic rings. The zero-order valence-electron chi connectivity index (χ0n) is 11.4. The first-order chi connectivity index (χ1) is 9.69. The maximum Gasteiger partial charge on any atom is 0.0949 e. The normalized spacial score (nSPS) is 12.4. The van der Waals surface area contributed by atoms with Crippen molar-refractivity contribution in [1.29, 1.82) is 0 Å². The fourth-order valence-electron chi connectivity index (χ4n) is 2.47. The molecule has 1 heterocycles. The third-order valence-electron chi connectivity index (χ3n) is 3.28. The minimum absolute atomic E-state index is 0.128. The van der Waals surface area contributed by atoms with Gasteiger partial charge in [0.1, 0.15) is 0 Å². The average molecular weight is 285 g/mol. The molecule has 2 rings (SSSR count). The van der Waals surface area contributed by atoms with Crippen LogP contribution in [0.4, 0.5) is 0 Å². The predicted octanol–water partition coefficient (Wildman–Crippen LogP) is 3.17. The quantitative estimate of drug-likeness (QED) is 0.606. The molecular weight excluding hydrogens is 266 g/mol. The summed E-state index contributed by atoms with van der Waals surface area (Å²) in [5.41, 5.74) is 8.17. The number of hydrogen-bond donors (Lipinski definition) is 2. The van der Waals surface area contributed by atoms with Crippen LogP contribution < -0.4 is 5.73 Å². The fraction of sp³-hybridized carbons (Fsp3) is 0.188. The van der Waals surface area contributed by atoms with E-state index in [0.717, 1.165) is 16.5 Å². The summed E-state index contributed by atoms with van der Waals surface area (Å²) in [7, 11) is 0. The van der Waals surface area contributed by atoms with Crippen LogP contribution in [-0.4, -0.2) is 28.0 Å². The fourth-order valence-corrected chi connectivity index (χ4v) is 2.74. The van der Waals surface area contributed by atoms with Crippen molar-refractivity contribution in [3.8, 4) is 0 Å². The van der Waals surface area contributed by atoms with Gasteiger partial charge in [0.25, 0.3) is 0 Å². The highest BCUT2D eigenvalue weighted by Gasteiger charge is 2.24. The van der Waals surface area contributed by atoms with E-state index in [2.05, 4.69) is 29.1 Å². The Morgan fingerprint density at radius 2 is 1.95 bits per heavy atom. The zero-order valence-corrected chi connectivity index (χ0v) is 12.2. The topological polar surface area (TPSA) is 45.0 Å². The number of nitrogens with one attached hydrogen (secondary N) is 1. The molecule has 0 bridgehead atoms. The first kappa shape index (κ1) is 14.5. The van der Waals surface area contributed by atoms with Gasteiger partial charge in [-0.3, -0.25) is 4.90 Å². The molecule has 1 aromatic heterocycles. The Balaban J connectivity index is 2.49. The van der Waals surface area contributed by atoms with Crippen molar-refractivity contribution < 1.29 is 0 Å². The SMILES string of the molecule is C=CCN(CC=C)C(C(N)=S)c1c[nH]c2ccccc12. The largest absolute Gasteiger partial charge is 0.392 e. The second-order valence-electron chi connectivity index (χ2n) is 4.63. The van der Waals surface area contributed by atoms with E-state index in [-0.39, 0.29) is 6.04 Å². The smallest absolute Gasteiger partial charge is 0.0949 e. The number of para-hydroxylation sites is 1. The lowest BCUT2D eigenvalue weighted by Crippen LogP contribution is -2.37. The van der Waals surface area contributed by atoms with Crippen molar-refractivity contribution in [2.24, 2.45) is 5.73 Å². The molecule has 1 atom stereocenters. The highest BCUT2D eigenvalue weighted by molar-refractivity contribution is 7.80. The van der Waals surface area contributed by atoms with Crippen molar-refractivity contribution in [1.82, 2.24) is 9.88 Å². The van der Waals surface area contributed by atoms with E-state index in [4.69, 9.17) is 18.0 Å². The predicted molar refractivity (Wildman–Crippen MR) is 89.8 cm³/mol. The summed E-state index contributed by atoms with van der Waals surface area (Å²) < 4.78 is 0. The average Bonchev–Trinajstić information content (AvgIpc) is 2.83. The Morgan fingerprint density at radius 3 is 2.55 bits per heavy atom. The highest BCUT2D eigenvalue weighted by atomic mass is 32.1. The van der Waals surface area contributed by atoms with Crippen molar-refractivity contribution in [2.45, 2.75) is 6.04 Å². The van der Waals surface area contributed by atoms with Crippen LogP contribution in [-0.2, 0) is 0 Å². The number of nitrogens with zero attached hydrogens (tertiary/aromatic N) is 1. The van der Waals surface area contributed by atoms with Gasteiger partial charge in [-0.25, -0.2) is 0 Å². The second-order valence-corrected chi connectivity index (χ2v) is 5.10. The molecule has 0 aliphatic carbocycles. The third kappa shape index (κ3) is 2.81. The molecule has 0 radical (unpaired) electrons. The van der Waals surface area contributed by atoms with Crippen LogP contribution in [0.3, 0.4) is 0 Å². The molecule has 0 spiro atoms. The van der Waals surface area contributed by atoms with Crippen molar-refractivity contribution in [3.63, 3.8) is 0 Å². The summed E-state index contributed by atoms with van der Waals surface area (Å²) in [6.07, 6.45) is 5.68. The van der Waals surface area contributed by atoms with Gasteiger partial charge < -0.3 is 10.7 Å². The van der Waals surface area contributed by atoms with Crippen LogP contribution in [0.2, 0.25) is 0 Å². The Hall–Kier alpha value is -1.91. The maximum absolute atomic E-state index is 5.99. The summed E-state index contributed by atoms with van der Waals surface area (Å²) in [6.45, 7) is 9.00. The molecule has 0 aliphatic rings. The van der Waals surface area contributed by atoms with Gasteiger partial charge in [-0.1, -0.05) is 42.6 Å². The van der Waals surface area contributed by atoms with E-state index in [1.165, 1.54) is 0 Å². The van der Waals surface area contributed by atoms with E-state index in [0.29, 0.717) is 18.1 Å². The van der Waals surface area contributed by atoms with Gasteiger partial charge in [0, 0.05) is 35.8 Å². The Morgan fingerprint density at radius 1 is 1.30 bits per heavy atom. The van der Waals surface area contributed by atoms with Crippen LogP contribution >= 0.6 is 12.2 Å². The first-order valence-electron chi connectivity index (χ1n) is 6.50. The summed E-state index contributed by atoms with van der Waals surface area (Å²) in [4.78, 5) is 5.88. The molecule has 3 nitrogen and oxygen atoms in total. The van der Waals surface area contributed by atoms with Crippen LogP contribution in [0.1, 0.15) is 11.6 Å². The number of rotatable bonds is 7. The van der Waals surface area contributed by atoms with Gasteiger partial charge in [-0.05, 0) is 6.07 Å². The molecule has 0 aliphatic heterocycles. The molecule has 3 N–H and O–H groups in total. The highest BCUT2D eigenvalue weighted by Crippen LogP contribution is 2.28. The molecule has 1 aromatic carbocycles. The van der Waals surface area contributed by atoms with E-state index < -0.39 is 0 Å². The number of aromatic amines is 1. The molecule has 0 saturated carbocycles. The van der Waals surface area contributed by atoms with E-state index >= 15 is 0 Å². The number of hydrogen-bond acceptors (Lipinski definition) is 2. The second kappa shape index (κ2) is 6.50. The number of H-pyrrole nitrogens is 1. The minimum Gasteiger partial charge on any atom is -0.392 e. The van der Waals surface area contributed by atoms with Crippen LogP contribution in [0.5, 0.6) is 0 Å². The van der Waals surface area contributed by atoms with E-state index in [1.807, 2.05) is 36.5 Å². The van der Waals surface area contributed by atoms with Gasteiger partial charge in [-0.2, -0.15) is 0 Å². The van der Waals surface area contributed by atoms with Crippen LogP contribution in [0.25, 0.3) is 10.9 Å². The van der Waals surface area contributed by atoms with Gasteiger partial charge in [0.15, 0.2) is 0 Å². The van der Waals surface area contributed by atoms with Crippen molar-refractivity contribution in [2.75, 3.05) is 13.1 Å². The summed E-state index contributed by atoms with van der Waals surface area (Å²) >= 11 is 5.29. The Labute approximate surface area is 124 Å². The molecule has 4 heteroatoms. The number of nitrogens with two attached hydrogens (primary N) is 1. The Kier molecular flexibility index (Phi) is 4.71. The number of aromatic nitrogens is 1. The number of fused-ring (bicyclic) bond motifs is 1. The van der Waals surface area contributed by atoms with Crippen molar-refractivity contribution in [3.05, 3.63) is 61.3 Å². The van der Waals surface area contributed by atoms with E-state index in [1.54, 1.807) is 0 Å². The first-order valence-corrected chi connectivity index (χ1v) is 6.91. The molecule has 0 fully saturated rings. The molecule has 20 heavy (non-hydrogen) atoms. The van der Waals surface area contributed by atoms with E-state index in [9.17, 15) is 0 Å². The molecule has 104 valence electrons.